The molecule has 0 spiro atoms. The molecule has 23 heavy (non-hydrogen) atoms. The maximum absolute atomic E-state index is 13.0. The monoisotopic (exact) mass is 308 g/mol. The Bertz CT molecular complexity index is 756. The lowest BCUT2D eigenvalue weighted by Crippen LogP contribution is -2.59. The van der Waals surface area contributed by atoms with Gasteiger partial charge in [-0.25, -0.2) is 0 Å². The van der Waals surface area contributed by atoms with Gasteiger partial charge in [-0.05, 0) is 37.2 Å². The molecular weight excluding hydrogens is 288 g/mol. The summed E-state index contributed by atoms with van der Waals surface area (Å²) in [6.45, 7) is 1.74. The van der Waals surface area contributed by atoms with Crippen LogP contribution in [-0.2, 0) is 5.66 Å². The molecule has 2 aliphatic heterocycles. The van der Waals surface area contributed by atoms with Crippen LogP contribution < -0.4 is 4.74 Å². The predicted molar refractivity (Wildman–Crippen MR) is 88.5 cm³/mol. The van der Waals surface area contributed by atoms with Gasteiger partial charge in [-0.2, -0.15) is 0 Å². The Hall–Kier alpha value is -2.33. The van der Waals surface area contributed by atoms with Gasteiger partial charge in [0.1, 0.15) is 11.4 Å². The van der Waals surface area contributed by atoms with Crippen LogP contribution in [0.15, 0.2) is 48.5 Å². The molecule has 1 saturated heterocycles. The highest BCUT2D eigenvalue weighted by atomic mass is 16.5. The number of fused-ring (bicyclic) bond motifs is 3. The molecule has 2 aromatic carbocycles. The largest absolute Gasteiger partial charge is 0.497 e. The van der Waals surface area contributed by atoms with Crippen LogP contribution >= 0.6 is 0 Å². The fourth-order valence-electron chi connectivity index (χ4n) is 4.07. The first-order valence-corrected chi connectivity index (χ1v) is 7.97. The number of carbonyl (C=O) groups is 1. The highest BCUT2D eigenvalue weighted by Crippen LogP contribution is 2.48. The van der Waals surface area contributed by atoms with Crippen molar-refractivity contribution in [1.29, 1.82) is 0 Å². The Labute approximate surface area is 136 Å². The summed E-state index contributed by atoms with van der Waals surface area (Å²) in [6, 6.07) is 16.1. The summed E-state index contributed by atoms with van der Waals surface area (Å²) in [5, 5.41) is 0. The summed E-state index contributed by atoms with van der Waals surface area (Å²) in [7, 11) is 3.77. The van der Waals surface area contributed by atoms with E-state index in [-0.39, 0.29) is 5.91 Å². The molecule has 2 heterocycles. The molecule has 0 aliphatic carbocycles. The van der Waals surface area contributed by atoms with Crippen LogP contribution in [-0.4, -0.2) is 43.0 Å². The molecule has 4 heteroatoms. The number of benzene rings is 2. The van der Waals surface area contributed by atoms with E-state index in [9.17, 15) is 4.79 Å². The second-order valence-corrected chi connectivity index (χ2v) is 6.18. The molecule has 4 nitrogen and oxygen atoms in total. The summed E-state index contributed by atoms with van der Waals surface area (Å²) >= 11 is 0. The SMILES string of the molecule is COc1ccc(C23c4ccccc4C(=O)N2CCCN3C)cc1. The van der Waals surface area contributed by atoms with Gasteiger partial charge in [0.05, 0.1) is 7.11 Å². The highest BCUT2D eigenvalue weighted by Gasteiger charge is 2.54. The van der Waals surface area contributed by atoms with Crippen LogP contribution in [0.1, 0.15) is 27.9 Å². The molecule has 2 aliphatic rings. The van der Waals surface area contributed by atoms with E-state index >= 15 is 0 Å². The fourth-order valence-corrected chi connectivity index (χ4v) is 4.07. The van der Waals surface area contributed by atoms with Crippen LogP contribution in [0.2, 0.25) is 0 Å². The molecule has 0 radical (unpaired) electrons. The number of hydrogen-bond donors (Lipinski definition) is 0. The standard InChI is InChI=1S/C19H20N2O2/c1-20-12-5-13-21-18(22)16-6-3-4-7-17(16)19(20,21)14-8-10-15(23-2)11-9-14/h3-4,6-11H,5,12-13H2,1-2H3. The summed E-state index contributed by atoms with van der Waals surface area (Å²) < 4.78 is 5.29. The second-order valence-electron chi connectivity index (χ2n) is 6.18. The van der Waals surface area contributed by atoms with Crippen LogP contribution in [0.4, 0.5) is 0 Å². The number of hydrogen-bond acceptors (Lipinski definition) is 3. The quantitative estimate of drug-likeness (QED) is 0.855. The normalized spacial score (nSPS) is 23.6. The summed E-state index contributed by atoms with van der Waals surface area (Å²) in [6.07, 6.45) is 0.994. The van der Waals surface area contributed by atoms with Crippen molar-refractivity contribution in [3.63, 3.8) is 0 Å². The number of rotatable bonds is 2. The van der Waals surface area contributed by atoms with Gasteiger partial charge in [0.15, 0.2) is 0 Å². The average molecular weight is 308 g/mol. The van der Waals surface area contributed by atoms with E-state index in [0.717, 1.165) is 42.0 Å². The van der Waals surface area contributed by atoms with Crippen molar-refractivity contribution in [2.45, 2.75) is 12.1 Å². The first-order chi connectivity index (χ1) is 11.2. The number of amides is 1. The lowest BCUT2D eigenvalue weighted by molar-refractivity contribution is -0.0229. The Balaban J connectivity index is 1.97. The van der Waals surface area contributed by atoms with E-state index in [0.29, 0.717) is 0 Å². The van der Waals surface area contributed by atoms with E-state index in [4.69, 9.17) is 4.74 Å². The van der Waals surface area contributed by atoms with Gasteiger partial charge in [0.2, 0.25) is 0 Å². The van der Waals surface area contributed by atoms with Crippen LogP contribution in [0.25, 0.3) is 0 Å². The molecule has 4 rings (SSSR count). The van der Waals surface area contributed by atoms with Gasteiger partial charge in [-0.15, -0.1) is 0 Å². The van der Waals surface area contributed by atoms with E-state index in [2.05, 4.69) is 30.1 Å². The molecule has 1 atom stereocenters. The van der Waals surface area contributed by atoms with Crippen LogP contribution in [0, 0.1) is 0 Å². The average Bonchev–Trinajstić information content (AvgIpc) is 2.87. The van der Waals surface area contributed by atoms with Crippen molar-refractivity contribution in [3.05, 3.63) is 65.2 Å². The van der Waals surface area contributed by atoms with Gasteiger partial charge in [-0.1, -0.05) is 30.3 Å². The molecular formula is C19H20N2O2. The third-order valence-electron chi connectivity index (χ3n) is 5.09. The van der Waals surface area contributed by atoms with Crippen molar-refractivity contribution in [2.75, 3.05) is 27.2 Å². The van der Waals surface area contributed by atoms with Crippen molar-refractivity contribution >= 4 is 5.91 Å². The maximum Gasteiger partial charge on any atom is 0.256 e. The zero-order valence-electron chi connectivity index (χ0n) is 13.5. The minimum absolute atomic E-state index is 0.128. The Morgan fingerprint density at radius 1 is 1.04 bits per heavy atom. The van der Waals surface area contributed by atoms with Gasteiger partial charge in [0, 0.05) is 24.2 Å². The molecule has 2 aromatic rings. The van der Waals surface area contributed by atoms with Gasteiger partial charge in [-0.3, -0.25) is 9.69 Å². The lowest BCUT2D eigenvalue weighted by Gasteiger charge is -2.49. The van der Waals surface area contributed by atoms with Gasteiger partial charge >= 0.3 is 0 Å². The Morgan fingerprint density at radius 2 is 1.78 bits per heavy atom. The lowest BCUT2D eigenvalue weighted by atomic mass is 9.87. The number of nitrogens with zero attached hydrogens (tertiary/aromatic N) is 2. The van der Waals surface area contributed by atoms with Crippen LogP contribution in [0.3, 0.4) is 0 Å². The fraction of sp³-hybridized carbons (Fsp3) is 0.316. The minimum atomic E-state index is -0.502. The molecule has 1 unspecified atom stereocenters. The highest BCUT2D eigenvalue weighted by molar-refractivity contribution is 6.00. The molecule has 0 N–H and O–H groups in total. The smallest absolute Gasteiger partial charge is 0.256 e. The molecule has 0 bridgehead atoms. The van der Waals surface area contributed by atoms with E-state index in [1.165, 1.54) is 0 Å². The van der Waals surface area contributed by atoms with E-state index in [1.54, 1.807) is 7.11 Å². The number of carbonyl (C=O) groups excluding carboxylic acids is 1. The molecule has 1 fully saturated rings. The zero-order chi connectivity index (χ0) is 16.0. The number of methoxy groups -OCH3 is 1. The maximum atomic E-state index is 13.0. The topological polar surface area (TPSA) is 32.8 Å². The van der Waals surface area contributed by atoms with Gasteiger partial charge < -0.3 is 9.64 Å². The Morgan fingerprint density at radius 3 is 2.52 bits per heavy atom. The second kappa shape index (κ2) is 5.10. The molecule has 0 aromatic heterocycles. The molecule has 0 saturated carbocycles. The van der Waals surface area contributed by atoms with Gasteiger partial charge in [0.25, 0.3) is 5.91 Å². The third-order valence-corrected chi connectivity index (χ3v) is 5.09. The first-order valence-electron chi connectivity index (χ1n) is 7.97. The summed E-state index contributed by atoms with van der Waals surface area (Å²) in [5.74, 6) is 0.954. The molecule has 118 valence electrons. The van der Waals surface area contributed by atoms with Crippen molar-refractivity contribution in [2.24, 2.45) is 0 Å². The van der Waals surface area contributed by atoms with E-state index < -0.39 is 5.66 Å². The van der Waals surface area contributed by atoms with Crippen molar-refractivity contribution in [1.82, 2.24) is 9.80 Å². The van der Waals surface area contributed by atoms with E-state index in [1.807, 2.05) is 35.2 Å². The van der Waals surface area contributed by atoms with Crippen molar-refractivity contribution in [3.8, 4) is 5.75 Å². The Kier molecular flexibility index (Phi) is 3.16. The summed E-state index contributed by atoms with van der Waals surface area (Å²) in [4.78, 5) is 17.3. The zero-order valence-corrected chi connectivity index (χ0v) is 13.5. The predicted octanol–water partition coefficient (Wildman–Crippen LogP) is 2.69. The van der Waals surface area contributed by atoms with Crippen LogP contribution in [0.5, 0.6) is 5.75 Å². The van der Waals surface area contributed by atoms with Crippen molar-refractivity contribution < 1.29 is 9.53 Å². The molecule has 1 amide bonds. The summed E-state index contributed by atoms with van der Waals surface area (Å²) in [5.41, 5.74) is 2.51. The number of ether oxygens (including phenoxy) is 1. The first kappa shape index (κ1) is 14.3. The third kappa shape index (κ3) is 1.78. The minimum Gasteiger partial charge on any atom is -0.497 e.